The number of nitrogens with zero attached hydrogens (tertiary/aromatic N) is 1. The minimum Gasteiger partial charge on any atom is -0.462 e. The summed E-state index contributed by atoms with van der Waals surface area (Å²) in [6, 6.07) is 3.10. The lowest BCUT2D eigenvalue weighted by atomic mass is 9.98. The van der Waals surface area contributed by atoms with Crippen molar-refractivity contribution < 1.29 is 49.1 Å². The van der Waals surface area contributed by atoms with Crippen molar-refractivity contribution in [3.8, 4) is 5.75 Å². The molecule has 0 unspecified atom stereocenters. The van der Waals surface area contributed by atoms with E-state index in [9.17, 15) is 39.6 Å². The lowest BCUT2D eigenvalue weighted by molar-refractivity contribution is -0.277. The number of primary amides is 1. The summed E-state index contributed by atoms with van der Waals surface area (Å²) in [7, 11) is 0. The molecule has 0 bridgehead atoms. The zero-order chi connectivity index (χ0) is 33.3. The van der Waals surface area contributed by atoms with Crippen molar-refractivity contribution in [3.05, 3.63) is 29.8 Å². The van der Waals surface area contributed by atoms with E-state index in [2.05, 4.69) is 10.6 Å². The Kier molecular flexibility index (Phi) is 13.5. The summed E-state index contributed by atoms with van der Waals surface area (Å²) in [6.45, 7) is 3.81. The number of unbranched alkanes of at least 4 members (excludes halogenated alkanes) is 1. The smallest absolute Gasteiger partial charge is 0.251 e. The van der Waals surface area contributed by atoms with E-state index >= 15 is 0 Å². The summed E-state index contributed by atoms with van der Waals surface area (Å²) in [6.07, 6.45) is -4.18. The minimum absolute atomic E-state index is 0.170. The Morgan fingerprint density at radius 3 is 2.36 bits per heavy atom. The summed E-state index contributed by atoms with van der Waals surface area (Å²) in [4.78, 5) is 53.6. The van der Waals surface area contributed by atoms with E-state index in [1.54, 1.807) is 0 Å². The molecule has 2 aliphatic rings. The number of benzene rings is 1. The van der Waals surface area contributed by atoms with Gasteiger partial charge in [-0.15, -0.1) is 0 Å². The summed E-state index contributed by atoms with van der Waals surface area (Å²) < 4.78 is 10.9. The topological polar surface area (TPSA) is 247 Å². The molecule has 3 rings (SSSR count). The standard InChI is InChI=1S/C30H47N5O10/c1-3-16(2)22(26(32)40)34-28(42)20-8-6-14-35(20)29(43)19(7-4-5-13-31)33-27(41)17-9-11-18(12-10-17)44-30-25(39)24(38)23(37)21(15-36)45-30/h9-12,16,19-25,30,36-39H,3-8,13-15,31H2,1-2H3,(H2,32,40)(H,33,41)(H,34,42)/t16-,19-,20-,21+,22-,23-,24-,25+,30+/m0/s1. The van der Waals surface area contributed by atoms with Crippen LogP contribution in [0.5, 0.6) is 5.75 Å². The van der Waals surface area contributed by atoms with Gasteiger partial charge >= 0.3 is 0 Å². The van der Waals surface area contributed by atoms with E-state index in [1.807, 2.05) is 13.8 Å². The molecule has 0 spiro atoms. The van der Waals surface area contributed by atoms with Crippen LogP contribution in [-0.4, -0.2) is 117 Å². The van der Waals surface area contributed by atoms with Gasteiger partial charge in [0.25, 0.3) is 5.91 Å². The summed E-state index contributed by atoms with van der Waals surface area (Å²) in [5, 5.41) is 45.0. The fraction of sp³-hybridized carbons (Fsp3) is 0.667. The van der Waals surface area contributed by atoms with Crippen LogP contribution in [0.4, 0.5) is 0 Å². The molecule has 0 aromatic heterocycles. The highest BCUT2D eigenvalue weighted by atomic mass is 16.7. The maximum absolute atomic E-state index is 13.7. The second-order valence-corrected chi connectivity index (χ2v) is 11.6. The largest absolute Gasteiger partial charge is 0.462 e. The molecule has 0 aliphatic carbocycles. The van der Waals surface area contributed by atoms with Gasteiger partial charge in [-0.2, -0.15) is 0 Å². The van der Waals surface area contributed by atoms with Crippen molar-refractivity contribution in [2.75, 3.05) is 19.7 Å². The SMILES string of the molecule is CC[C@H](C)[C@H](NC(=O)[C@@H]1CCCN1C(=O)[C@H](CCCCN)NC(=O)c1ccc(O[C@@H]2O[C@H](CO)[C@H](O)[C@H](O)[C@H]2O)cc1)C(N)=O. The van der Waals surface area contributed by atoms with Gasteiger partial charge in [-0.3, -0.25) is 19.2 Å². The third-order valence-corrected chi connectivity index (χ3v) is 8.42. The maximum atomic E-state index is 13.7. The van der Waals surface area contributed by atoms with Crippen LogP contribution in [0.1, 0.15) is 62.7 Å². The molecule has 45 heavy (non-hydrogen) atoms. The lowest BCUT2D eigenvalue weighted by Crippen LogP contribution is -2.60. The first-order valence-corrected chi connectivity index (χ1v) is 15.4. The lowest BCUT2D eigenvalue weighted by Gasteiger charge is -2.39. The van der Waals surface area contributed by atoms with E-state index in [1.165, 1.54) is 29.2 Å². The molecule has 4 amide bonds. The average Bonchev–Trinajstić information content (AvgIpc) is 3.53. The quantitative estimate of drug-likeness (QED) is 0.0987. The van der Waals surface area contributed by atoms with Crippen LogP contribution < -0.4 is 26.8 Å². The molecule has 2 saturated heterocycles. The molecule has 10 N–H and O–H groups in total. The van der Waals surface area contributed by atoms with Gasteiger partial charge in [0.1, 0.15) is 48.3 Å². The second-order valence-electron chi connectivity index (χ2n) is 11.6. The first-order valence-electron chi connectivity index (χ1n) is 15.4. The fourth-order valence-electron chi connectivity index (χ4n) is 5.46. The van der Waals surface area contributed by atoms with E-state index in [4.69, 9.17) is 20.9 Å². The van der Waals surface area contributed by atoms with Crippen LogP contribution in [0.3, 0.4) is 0 Å². The van der Waals surface area contributed by atoms with Gasteiger partial charge in [0.05, 0.1) is 6.61 Å². The number of amides is 4. The zero-order valence-corrected chi connectivity index (χ0v) is 25.7. The van der Waals surface area contributed by atoms with Crippen LogP contribution in [0.2, 0.25) is 0 Å². The van der Waals surface area contributed by atoms with Gasteiger partial charge in [-0.25, -0.2) is 0 Å². The molecule has 2 aliphatic heterocycles. The summed E-state index contributed by atoms with van der Waals surface area (Å²) in [5.74, 6) is -2.10. The van der Waals surface area contributed by atoms with E-state index < -0.39 is 79.1 Å². The van der Waals surface area contributed by atoms with Crippen LogP contribution in [-0.2, 0) is 19.1 Å². The fourth-order valence-corrected chi connectivity index (χ4v) is 5.46. The molecule has 1 aromatic carbocycles. The Labute approximate surface area is 262 Å². The predicted molar refractivity (Wildman–Crippen MR) is 160 cm³/mol. The Morgan fingerprint density at radius 2 is 1.76 bits per heavy atom. The van der Waals surface area contributed by atoms with Gasteiger partial charge < -0.3 is 56.9 Å². The van der Waals surface area contributed by atoms with Crippen molar-refractivity contribution in [2.45, 2.75) is 101 Å². The maximum Gasteiger partial charge on any atom is 0.251 e. The molecule has 2 fully saturated rings. The summed E-state index contributed by atoms with van der Waals surface area (Å²) in [5.41, 5.74) is 11.4. The zero-order valence-electron chi connectivity index (χ0n) is 25.7. The van der Waals surface area contributed by atoms with Crippen molar-refractivity contribution in [1.29, 1.82) is 0 Å². The molecular weight excluding hydrogens is 590 g/mol. The molecule has 1 aromatic rings. The average molecular weight is 638 g/mol. The Bertz CT molecular complexity index is 1150. The van der Waals surface area contributed by atoms with Crippen molar-refractivity contribution in [3.63, 3.8) is 0 Å². The Morgan fingerprint density at radius 1 is 1.07 bits per heavy atom. The van der Waals surface area contributed by atoms with Gasteiger partial charge in [0.15, 0.2) is 0 Å². The van der Waals surface area contributed by atoms with E-state index in [0.29, 0.717) is 51.6 Å². The van der Waals surface area contributed by atoms with Crippen LogP contribution in [0, 0.1) is 5.92 Å². The monoisotopic (exact) mass is 637 g/mol. The normalized spacial score (nSPS) is 26.9. The number of aliphatic hydroxyl groups is 4. The third kappa shape index (κ3) is 9.11. The molecule has 15 heteroatoms. The van der Waals surface area contributed by atoms with Crippen LogP contribution in [0.15, 0.2) is 24.3 Å². The van der Waals surface area contributed by atoms with Crippen molar-refractivity contribution in [2.24, 2.45) is 17.4 Å². The number of aliphatic hydroxyl groups excluding tert-OH is 4. The molecule has 0 radical (unpaired) electrons. The molecule has 2 heterocycles. The van der Waals surface area contributed by atoms with Gasteiger partial charge in [-0.1, -0.05) is 20.3 Å². The number of hydrogen-bond acceptors (Lipinski definition) is 11. The van der Waals surface area contributed by atoms with Gasteiger partial charge in [-0.05, 0) is 68.8 Å². The highest BCUT2D eigenvalue weighted by Gasteiger charge is 2.45. The van der Waals surface area contributed by atoms with Crippen LogP contribution in [0.25, 0.3) is 0 Å². The Hall–Kier alpha value is -3.34. The summed E-state index contributed by atoms with van der Waals surface area (Å²) >= 11 is 0. The predicted octanol–water partition coefficient (Wildman–Crippen LogP) is -1.90. The van der Waals surface area contributed by atoms with Crippen molar-refractivity contribution in [1.82, 2.24) is 15.5 Å². The van der Waals surface area contributed by atoms with Crippen molar-refractivity contribution >= 4 is 23.6 Å². The highest BCUT2D eigenvalue weighted by molar-refractivity contribution is 5.99. The minimum atomic E-state index is -1.61. The number of carbonyl (C=O) groups excluding carboxylic acids is 4. The number of nitrogens with two attached hydrogens (primary N) is 2. The second kappa shape index (κ2) is 16.8. The van der Waals surface area contributed by atoms with Gasteiger partial charge in [0.2, 0.25) is 24.0 Å². The van der Waals surface area contributed by atoms with E-state index in [-0.39, 0.29) is 17.2 Å². The van der Waals surface area contributed by atoms with Crippen LogP contribution >= 0.6 is 0 Å². The molecular formula is C30H47N5O10. The number of rotatable bonds is 15. The number of carbonyl (C=O) groups is 4. The Balaban J connectivity index is 1.69. The third-order valence-electron chi connectivity index (χ3n) is 8.42. The first-order chi connectivity index (χ1) is 21.4. The molecule has 0 saturated carbocycles. The number of nitrogens with one attached hydrogen (secondary N) is 2. The molecule has 15 nitrogen and oxygen atoms in total. The van der Waals surface area contributed by atoms with E-state index in [0.717, 1.165) is 0 Å². The highest BCUT2D eigenvalue weighted by Crippen LogP contribution is 2.25. The first kappa shape index (κ1) is 36.1. The molecule has 9 atom stereocenters. The molecule has 252 valence electrons. The number of likely N-dealkylation sites (tertiary alicyclic amines) is 1. The number of ether oxygens (including phenoxy) is 2. The number of hydrogen-bond donors (Lipinski definition) is 8. The van der Waals surface area contributed by atoms with Gasteiger partial charge in [0, 0.05) is 12.1 Å².